The Labute approximate surface area is 123 Å². The molecule has 2 aromatic rings. The third-order valence-corrected chi connectivity index (χ3v) is 3.94. The zero-order chi connectivity index (χ0) is 14.5. The van der Waals surface area contributed by atoms with Gasteiger partial charge in [-0.25, -0.2) is 0 Å². The minimum atomic E-state index is -0.119. The van der Waals surface area contributed by atoms with Gasteiger partial charge in [0.05, 0.1) is 0 Å². The third-order valence-electron chi connectivity index (χ3n) is 3.20. The van der Waals surface area contributed by atoms with Gasteiger partial charge in [0, 0.05) is 29.3 Å². The topological polar surface area (TPSA) is 65.1 Å². The fourth-order valence-electron chi connectivity index (χ4n) is 2.18. The quantitative estimate of drug-likeness (QED) is 0.765. The lowest BCUT2D eigenvalue weighted by molar-refractivity contribution is 0.0931. The molecule has 1 aromatic carbocycles. The number of aromatic amines is 1. The second-order valence-corrected chi connectivity index (χ2v) is 5.82. The lowest BCUT2D eigenvalue weighted by Crippen LogP contribution is -2.37. The summed E-state index contributed by atoms with van der Waals surface area (Å²) in [7, 11) is 0. The molecule has 0 bridgehead atoms. The first-order chi connectivity index (χ1) is 9.63. The van der Waals surface area contributed by atoms with Crippen molar-refractivity contribution in [1.82, 2.24) is 10.3 Å². The van der Waals surface area contributed by atoms with E-state index in [1.807, 2.05) is 37.4 Å². The SMILES string of the molecule is CSCC(CCO)NC(=O)c1cc2ccc(C)cc2[nH]1. The highest BCUT2D eigenvalue weighted by atomic mass is 32.2. The molecule has 1 amide bonds. The highest BCUT2D eigenvalue weighted by Crippen LogP contribution is 2.17. The van der Waals surface area contributed by atoms with E-state index in [4.69, 9.17) is 5.11 Å². The van der Waals surface area contributed by atoms with Crippen molar-refractivity contribution < 1.29 is 9.90 Å². The molecule has 0 spiro atoms. The van der Waals surface area contributed by atoms with E-state index in [9.17, 15) is 4.79 Å². The van der Waals surface area contributed by atoms with Gasteiger partial charge in [-0.3, -0.25) is 4.79 Å². The first-order valence-electron chi connectivity index (χ1n) is 6.64. The minimum absolute atomic E-state index is 0.00403. The fourth-order valence-corrected chi connectivity index (χ4v) is 2.83. The maximum atomic E-state index is 12.2. The molecule has 1 unspecified atom stereocenters. The number of hydrogen-bond acceptors (Lipinski definition) is 3. The zero-order valence-electron chi connectivity index (χ0n) is 11.8. The number of carbonyl (C=O) groups is 1. The molecule has 0 aliphatic carbocycles. The van der Waals surface area contributed by atoms with Crippen LogP contribution in [0.2, 0.25) is 0 Å². The molecule has 20 heavy (non-hydrogen) atoms. The number of thioether (sulfide) groups is 1. The first kappa shape index (κ1) is 14.9. The predicted octanol–water partition coefficient (Wildman–Crippen LogP) is 2.32. The van der Waals surface area contributed by atoms with Crippen molar-refractivity contribution >= 4 is 28.6 Å². The average Bonchev–Trinajstić information content (AvgIpc) is 2.82. The van der Waals surface area contributed by atoms with Crippen LogP contribution in [0.4, 0.5) is 0 Å². The summed E-state index contributed by atoms with van der Waals surface area (Å²) in [5, 5.41) is 13.0. The smallest absolute Gasteiger partial charge is 0.267 e. The van der Waals surface area contributed by atoms with Crippen molar-refractivity contribution in [2.24, 2.45) is 0 Å². The van der Waals surface area contributed by atoms with Gasteiger partial charge >= 0.3 is 0 Å². The monoisotopic (exact) mass is 292 g/mol. The van der Waals surface area contributed by atoms with E-state index in [0.29, 0.717) is 12.1 Å². The van der Waals surface area contributed by atoms with E-state index >= 15 is 0 Å². The first-order valence-corrected chi connectivity index (χ1v) is 8.03. The number of fused-ring (bicyclic) bond motifs is 1. The summed E-state index contributed by atoms with van der Waals surface area (Å²) >= 11 is 1.66. The Bertz CT molecular complexity index is 589. The minimum Gasteiger partial charge on any atom is -0.396 e. The molecule has 5 heteroatoms. The second kappa shape index (κ2) is 6.81. The molecule has 0 saturated heterocycles. The molecule has 0 fully saturated rings. The normalized spacial score (nSPS) is 12.6. The predicted molar refractivity (Wildman–Crippen MR) is 84.4 cm³/mol. The van der Waals surface area contributed by atoms with Crippen LogP contribution >= 0.6 is 11.8 Å². The van der Waals surface area contributed by atoms with E-state index in [-0.39, 0.29) is 18.6 Å². The van der Waals surface area contributed by atoms with Crippen LogP contribution in [0.25, 0.3) is 10.9 Å². The third kappa shape index (κ3) is 3.55. The molecule has 0 aliphatic rings. The van der Waals surface area contributed by atoms with Crippen molar-refractivity contribution in [2.45, 2.75) is 19.4 Å². The van der Waals surface area contributed by atoms with Gasteiger partial charge in [0.15, 0.2) is 0 Å². The van der Waals surface area contributed by atoms with Gasteiger partial charge in [-0.15, -0.1) is 0 Å². The van der Waals surface area contributed by atoms with Crippen LogP contribution in [0.15, 0.2) is 24.3 Å². The lowest BCUT2D eigenvalue weighted by Gasteiger charge is -2.15. The largest absolute Gasteiger partial charge is 0.396 e. The highest BCUT2D eigenvalue weighted by molar-refractivity contribution is 7.98. The second-order valence-electron chi connectivity index (χ2n) is 4.91. The Balaban J connectivity index is 2.13. The number of amides is 1. The Morgan fingerprint density at radius 2 is 2.25 bits per heavy atom. The Morgan fingerprint density at radius 3 is 2.95 bits per heavy atom. The summed E-state index contributed by atoms with van der Waals surface area (Å²) in [6, 6.07) is 7.92. The molecular formula is C15H20N2O2S. The molecule has 0 saturated carbocycles. The molecule has 2 rings (SSSR count). The van der Waals surface area contributed by atoms with Crippen LogP contribution in [0, 0.1) is 6.92 Å². The fraction of sp³-hybridized carbons (Fsp3) is 0.400. The van der Waals surface area contributed by atoms with E-state index in [1.165, 1.54) is 0 Å². The summed E-state index contributed by atoms with van der Waals surface area (Å²) in [6.45, 7) is 2.10. The number of benzene rings is 1. The highest BCUT2D eigenvalue weighted by Gasteiger charge is 2.14. The van der Waals surface area contributed by atoms with Crippen molar-refractivity contribution in [3.8, 4) is 0 Å². The van der Waals surface area contributed by atoms with Gasteiger partial charge < -0.3 is 15.4 Å². The maximum absolute atomic E-state index is 12.2. The number of H-pyrrole nitrogens is 1. The van der Waals surface area contributed by atoms with Crippen molar-refractivity contribution in [2.75, 3.05) is 18.6 Å². The van der Waals surface area contributed by atoms with E-state index in [0.717, 1.165) is 22.2 Å². The van der Waals surface area contributed by atoms with Crippen LogP contribution in [-0.4, -0.2) is 40.7 Å². The van der Waals surface area contributed by atoms with Crippen LogP contribution in [-0.2, 0) is 0 Å². The van der Waals surface area contributed by atoms with Crippen LogP contribution in [0.1, 0.15) is 22.5 Å². The summed E-state index contributed by atoms with van der Waals surface area (Å²) in [5.41, 5.74) is 2.69. The number of aliphatic hydroxyl groups is 1. The number of aliphatic hydroxyl groups excluding tert-OH is 1. The Morgan fingerprint density at radius 1 is 1.45 bits per heavy atom. The van der Waals surface area contributed by atoms with Gasteiger partial charge in [0.2, 0.25) is 0 Å². The lowest BCUT2D eigenvalue weighted by atomic mass is 10.2. The van der Waals surface area contributed by atoms with Crippen molar-refractivity contribution in [3.05, 3.63) is 35.5 Å². The average molecular weight is 292 g/mol. The van der Waals surface area contributed by atoms with Crippen LogP contribution in [0.3, 0.4) is 0 Å². The summed E-state index contributed by atoms with van der Waals surface area (Å²) in [6.07, 6.45) is 2.56. The molecule has 1 heterocycles. The van der Waals surface area contributed by atoms with E-state index < -0.39 is 0 Å². The standard InChI is InChI=1S/C15H20N2O2S/c1-10-3-4-11-8-14(17-13(11)7-10)15(19)16-12(5-6-18)9-20-2/h3-4,7-8,12,17-18H,5-6,9H2,1-2H3,(H,16,19). The molecule has 0 radical (unpaired) electrons. The van der Waals surface area contributed by atoms with Gasteiger partial charge in [-0.05, 0) is 37.3 Å². The molecular weight excluding hydrogens is 272 g/mol. The number of aromatic nitrogens is 1. The molecule has 1 atom stereocenters. The number of nitrogens with one attached hydrogen (secondary N) is 2. The van der Waals surface area contributed by atoms with Crippen molar-refractivity contribution in [1.29, 1.82) is 0 Å². The molecule has 3 N–H and O–H groups in total. The van der Waals surface area contributed by atoms with Gasteiger partial charge in [0.25, 0.3) is 5.91 Å². The van der Waals surface area contributed by atoms with Gasteiger partial charge in [0.1, 0.15) is 5.69 Å². The maximum Gasteiger partial charge on any atom is 0.267 e. The van der Waals surface area contributed by atoms with E-state index in [1.54, 1.807) is 11.8 Å². The number of hydrogen-bond donors (Lipinski definition) is 3. The number of rotatable bonds is 6. The molecule has 108 valence electrons. The number of carbonyl (C=O) groups excluding carboxylic acids is 1. The molecule has 4 nitrogen and oxygen atoms in total. The summed E-state index contributed by atoms with van der Waals surface area (Å²) < 4.78 is 0. The Hall–Kier alpha value is -1.46. The molecule has 0 aliphatic heterocycles. The summed E-state index contributed by atoms with van der Waals surface area (Å²) in [4.78, 5) is 15.4. The van der Waals surface area contributed by atoms with Crippen LogP contribution < -0.4 is 5.32 Å². The zero-order valence-corrected chi connectivity index (χ0v) is 12.6. The summed E-state index contributed by atoms with van der Waals surface area (Å²) in [5.74, 6) is 0.678. The van der Waals surface area contributed by atoms with Crippen molar-refractivity contribution in [3.63, 3.8) is 0 Å². The van der Waals surface area contributed by atoms with E-state index in [2.05, 4.69) is 10.3 Å². The molecule has 1 aromatic heterocycles. The number of aryl methyl sites for hydroxylation is 1. The van der Waals surface area contributed by atoms with Crippen LogP contribution in [0.5, 0.6) is 0 Å². The van der Waals surface area contributed by atoms with Gasteiger partial charge in [-0.2, -0.15) is 11.8 Å². The Kier molecular flexibility index (Phi) is 5.09. The van der Waals surface area contributed by atoms with Gasteiger partial charge in [-0.1, -0.05) is 12.1 Å².